The summed E-state index contributed by atoms with van der Waals surface area (Å²) in [6, 6.07) is 12.5. The smallest absolute Gasteiger partial charge is 0.163 e. The van der Waals surface area contributed by atoms with E-state index in [1.165, 1.54) is 18.5 Å². The molecule has 0 aliphatic heterocycles. The molecule has 22 heavy (non-hydrogen) atoms. The van der Waals surface area contributed by atoms with Gasteiger partial charge in [-0.3, -0.25) is 0 Å². The SMILES string of the molecule is CN(C)c1ccc(-c2ccc3cnc(C4CC4)nc3n2)cc1. The molecule has 1 fully saturated rings. The van der Waals surface area contributed by atoms with Crippen LogP contribution in [0.15, 0.2) is 42.6 Å². The second-order valence-corrected chi connectivity index (χ2v) is 6.05. The number of fused-ring (bicyclic) bond motifs is 1. The van der Waals surface area contributed by atoms with Gasteiger partial charge in [0.25, 0.3) is 0 Å². The van der Waals surface area contributed by atoms with Crippen LogP contribution in [0.5, 0.6) is 0 Å². The van der Waals surface area contributed by atoms with Crippen LogP contribution in [0, 0.1) is 0 Å². The lowest BCUT2D eigenvalue weighted by Gasteiger charge is -2.12. The molecular formula is C18H18N4. The molecule has 3 aromatic rings. The second-order valence-electron chi connectivity index (χ2n) is 6.05. The molecule has 4 rings (SSSR count). The molecule has 0 saturated heterocycles. The van der Waals surface area contributed by atoms with Crippen LogP contribution in [0.3, 0.4) is 0 Å². The Hall–Kier alpha value is -2.49. The van der Waals surface area contributed by atoms with Gasteiger partial charge in [0.2, 0.25) is 0 Å². The molecule has 1 aliphatic rings. The molecule has 4 heteroatoms. The summed E-state index contributed by atoms with van der Waals surface area (Å²) >= 11 is 0. The fourth-order valence-electron chi connectivity index (χ4n) is 2.55. The van der Waals surface area contributed by atoms with E-state index in [0.717, 1.165) is 28.1 Å². The molecule has 0 N–H and O–H groups in total. The number of pyridine rings is 1. The maximum absolute atomic E-state index is 4.73. The number of anilines is 1. The predicted molar refractivity (Wildman–Crippen MR) is 89.1 cm³/mol. The van der Waals surface area contributed by atoms with E-state index in [-0.39, 0.29) is 0 Å². The van der Waals surface area contributed by atoms with Crippen molar-refractivity contribution in [3.63, 3.8) is 0 Å². The third-order valence-corrected chi connectivity index (χ3v) is 4.08. The Morgan fingerprint density at radius 3 is 2.41 bits per heavy atom. The molecule has 1 saturated carbocycles. The summed E-state index contributed by atoms with van der Waals surface area (Å²) < 4.78 is 0. The highest BCUT2D eigenvalue weighted by Gasteiger charge is 2.26. The first kappa shape index (κ1) is 13.2. The highest BCUT2D eigenvalue weighted by atomic mass is 15.1. The topological polar surface area (TPSA) is 41.9 Å². The lowest BCUT2D eigenvalue weighted by atomic mass is 10.1. The Bertz CT molecular complexity index is 820. The standard InChI is InChI=1S/C18H18N4/c1-22(2)15-8-5-12(6-9-15)16-10-7-14-11-19-17(13-3-4-13)21-18(14)20-16/h5-11,13H,3-4H2,1-2H3. The molecule has 0 amide bonds. The van der Waals surface area contributed by atoms with Gasteiger partial charge in [-0.2, -0.15) is 0 Å². The Morgan fingerprint density at radius 1 is 0.955 bits per heavy atom. The summed E-state index contributed by atoms with van der Waals surface area (Å²) in [6.07, 6.45) is 4.30. The van der Waals surface area contributed by atoms with Crippen molar-refractivity contribution >= 4 is 16.7 Å². The number of hydrogen-bond donors (Lipinski definition) is 0. The van der Waals surface area contributed by atoms with E-state index < -0.39 is 0 Å². The largest absolute Gasteiger partial charge is 0.378 e. The average molecular weight is 290 g/mol. The maximum Gasteiger partial charge on any atom is 0.163 e. The van der Waals surface area contributed by atoms with Crippen molar-refractivity contribution in [1.29, 1.82) is 0 Å². The van der Waals surface area contributed by atoms with Crippen LogP contribution < -0.4 is 4.90 Å². The Morgan fingerprint density at radius 2 is 1.73 bits per heavy atom. The molecule has 2 aromatic heterocycles. The zero-order chi connectivity index (χ0) is 15.1. The van der Waals surface area contributed by atoms with Gasteiger partial charge >= 0.3 is 0 Å². The molecule has 0 unspecified atom stereocenters. The zero-order valence-electron chi connectivity index (χ0n) is 12.8. The lowest BCUT2D eigenvalue weighted by Crippen LogP contribution is -2.07. The van der Waals surface area contributed by atoms with Gasteiger partial charge in [0, 0.05) is 42.8 Å². The van der Waals surface area contributed by atoms with E-state index in [0.29, 0.717) is 5.92 Å². The summed E-state index contributed by atoms with van der Waals surface area (Å²) in [4.78, 5) is 15.9. The minimum absolute atomic E-state index is 0.550. The molecule has 0 atom stereocenters. The first-order valence-corrected chi connectivity index (χ1v) is 7.62. The zero-order valence-corrected chi connectivity index (χ0v) is 12.8. The number of nitrogens with zero attached hydrogens (tertiary/aromatic N) is 4. The van der Waals surface area contributed by atoms with E-state index >= 15 is 0 Å². The van der Waals surface area contributed by atoms with Crippen molar-refractivity contribution in [3.05, 3.63) is 48.4 Å². The number of benzene rings is 1. The monoisotopic (exact) mass is 290 g/mol. The van der Waals surface area contributed by atoms with E-state index in [4.69, 9.17) is 4.98 Å². The molecule has 1 aromatic carbocycles. The molecule has 0 radical (unpaired) electrons. The van der Waals surface area contributed by atoms with Crippen LogP contribution in [-0.2, 0) is 0 Å². The van der Waals surface area contributed by atoms with E-state index in [9.17, 15) is 0 Å². The quantitative estimate of drug-likeness (QED) is 0.738. The molecule has 1 aliphatic carbocycles. The molecule has 0 spiro atoms. The van der Waals surface area contributed by atoms with Crippen molar-refractivity contribution in [2.24, 2.45) is 0 Å². The molecule has 110 valence electrons. The van der Waals surface area contributed by atoms with Crippen LogP contribution in [0.4, 0.5) is 5.69 Å². The van der Waals surface area contributed by atoms with Gasteiger partial charge in [0.15, 0.2) is 5.65 Å². The van der Waals surface area contributed by atoms with Crippen molar-refractivity contribution in [2.75, 3.05) is 19.0 Å². The highest BCUT2D eigenvalue weighted by Crippen LogP contribution is 2.38. The van der Waals surface area contributed by atoms with Crippen molar-refractivity contribution in [1.82, 2.24) is 15.0 Å². The van der Waals surface area contributed by atoms with E-state index in [1.54, 1.807) is 0 Å². The molecule has 2 heterocycles. The van der Waals surface area contributed by atoms with Crippen LogP contribution in [0.2, 0.25) is 0 Å². The van der Waals surface area contributed by atoms with Crippen molar-refractivity contribution in [2.45, 2.75) is 18.8 Å². The van der Waals surface area contributed by atoms with Crippen molar-refractivity contribution < 1.29 is 0 Å². The number of rotatable bonds is 3. The lowest BCUT2D eigenvalue weighted by molar-refractivity contribution is 0.940. The van der Waals surface area contributed by atoms with Crippen LogP contribution in [0.25, 0.3) is 22.3 Å². The third kappa shape index (κ3) is 2.41. The van der Waals surface area contributed by atoms with Gasteiger partial charge in [-0.15, -0.1) is 0 Å². The Labute approximate surface area is 129 Å². The van der Waals surface area contributed by atoms with Gasteiger partial charge in [-0.05, 0) is 37.1 Å². The van der Waals surface area contributed by atoms with E-state index in [1.807, 2.05) is 32.4 Å². The van der Waals surface area contributed by atoms with Crippen LogP contribution >= 0.6 is 0 Å². The minimum Gasteiger partial charge on any atom is -0.378 e. The molecule has 0 bridgehead atoms. The number of hydrogen-bond acceptors (Lipinski definition) is 4. The Balaban J connectivity index is 1.74. The van der Waals surface area contributed by atoms with E-state index in [2.05, 4.69) is 39.1 Å². The first-order chi connectivity index (χ1) is 10.7. The summed E-state index contributed by atoms with van der Waals surface area (Å²) in [5, 5.41) is 0.998. The minimum atomic E-state index is 0.550. The summed E-state index contributed by atoms with van der Waals surface area (Å²) in [5.41, 5.74) is 4.05. The van der Waals surface area contributed by atoms with Crippen LogP contribution in [-0.4, -0.2) is 29.0 Å². The summed E-state index contributed by atoms with van der Waals surface area (Å²) in [6.45, 7) is 0. The third-order valence-electron chi connectivity index (χ3n) is 4.08. The van der Waals surface area contributed by atoms with Gasteiger partial charge in [-0.1, -0.05) is 12.1 Å². The highest BCUT2D eigenvalue weighted by molar-refractivity contribution is 5.77. The summed E-state index contributed by atoms with van der Waals surface area (Å²) in [7, 11) is 4.08. The molecular weight excluding hydrogens is 272 g/mol. The average Bonchev–Trinajstić information content (AvgIpc) is 3.39. The van der Waals surface area contributed by atoms with Gasteiger partial charge in [0.1, 0.15) is 5.82 Å². The molecule has 4 nitrogen and oxygen atoms in total. The van der Waals surface area contributed by atoms with Crippen LogP contribution in [0.1, 0.15) is 24.6 Å². The Kier molecular flexibility index (Phi) is 3.03. The normalized spacial score (nSPS) is 14.3. The summed E-state index contributed by atoms with van der Waals surface area (Å²) in [5.74, 6) is 1.49. The van der Waals surface area contributed by atoms with Crippen molar-refractivity contribution in [3.8, 4) is 11.3 Å². The second kappa shape index (κ2) is 5.05. The maximum atomic E-state index is 4.73. The van der Waals surface area contributed by atoms with Gasteiger partial charge in [-0.25, -0.2) is 15.0 Å². The van der Waals surface area contributed by atoms with Gasteiger partial charge in [0.05, 0.1) is 5.69 Å². The number of aromatic nitrogens is 3. The fraction of sp³-hybridized carbons (Fsp3) is 0.278. The first-order valence-electron chi connectivity index (χ1n) is 7.62. The van der Waals surface area contributed by atoms with Gasteiger partial charge < -0.3 is 4.90 Å². The predicted octanol–water partition coefficient (Wildman–Crippen LogP) is 3.64. The fourth-order valence-corrected chi connectivity index (χ4v) is 2.55.